The summed E-state index contributed by atoms with van der Waals surface area (Å²) in [5, 5.41) is 23.1. The number of piperidine rings is 1. The van der Waals surface area contributed by atoms with E-state index >= 15 is 0 Å². The fourth-order valence-corrected chi connectivity index (χ4v) is 3.70. The minimum absolute atomic E-state index is 0.0366. The van der Waals surface area contributed by atoms with E-state index in [1.807, 2.05) is 12.1 Å². The zero-order chi connectivity index (χ0) is 23.6. The third-order valence-electron chi connectivity index (χ3n) is 5.66. The van der Waals surface area contributed by atoms with Crippen molar-refractivity contribution in [2.24, 2.45) is 27.7 Å². The van der Waals surface area contributed by atoms with Crippen molar-refractivity contribution in [3.8, 4) is 11.5 Å². The molecule has 1 heterocycles. The van der Waals surface area contributed by atoms with Crippen LogP contribution in [0.5, 0.6) is 11.5 Å². The molecule has 9 nitrogen and oxygen atoms in total. The third-order valence-corrected chi connectivity index (χ3v) is 5.66. The zero-order valence-electron chi connectivity index (χ0n) is 18.4. The van der Waals surface area contributed by atoms with E-state index in [1.165, 1.54) is 12.1 Å². The maximum atomic E-state index is 14.0. The van der Waals surface area contributed by atoms with E-state index in [9.17, 15) is 4.39 Å². The van der Waals surface area contributed by atoms with Gasteiger partial charge in [0.05, 0.1) is 18.8 Å². The second-order valence-electron chi connectivity index (χ2n) is 7.93. The van der Waals surface area contributed by atoms with Gasteiger partial charge in [0.1, 0.15) is 17.3 Å². The Morgan fingerprint density at radius 2 is 1.64 bits per heavy atom. The van der Waals surface area contributed by atoms with Crippen molar-refractivity contribution in [1.82, 2.24) is 4.90 Å². The lowest BCUT2D eigenvalue weighted by Gasteiger charge is -2.31. The molecule has 0 atom stereocenters. The molecule has 2 aromatic carbocycles. The molecule has 10 heteroatoms. The van der Waals surface area contributed by atoms with Crippen LogP contribution in [0.4, 0.5) is 4.39 Å². The van der Waals surface area contributed by atoms with Crippen LogP contribution in [-0.4, -0.2) is 59.8 Å². The van der Waals surface area contributed by atoms with Crippen molar-refractivity contribution in [3.05, 3.63) is 59.4 Å². The van der Waals surface area contributed by atoms with Crippen molar-refractivity contribution < 1.29 is 24.3 Å². The van der Waals surface area contributed by atoms with Gasteiger partial charge in [0.15, 0.2) is 11.7 Å². The van der Waals surface area contributed by atoms with Crippen LogP contribution in [-0.2, 0) is 0 Å². The summed E-state index contributed by atoms with van der Waals surface area (Å²) in [7, 11) is 0. The Morgan fingerprint density at radius 1 is 0.970 bits per heavy atom. The van der Waals surface area contributed by atoms with Crippen LogP contribution in [0.15, 0.2) is 52.8 Å². The largest absolute Gasteiger partial charge is 0.493 e. The highest BCUT2D eigenvalue weighted by Gasteiger charge is 2.19. The lowest BCUT2D eigenvalue weighted by Crippen LogP contribution is -2.36. The van der Waals surface area contributed by atoms with E-state index in [-0.39, 0.29) is 17.2 Å². The van der Waals surface area contributed by atoms with Crippen LogP contribution in [0.3, 0.4) is 0 Å². The van der Waals surface area contributed by atoms with Gasteiger partial charge in [-0.3, -0.25) is 0 Å². The first-order valence-electron chi connectivity index (χ1n) is 10.8. The van der Waals surface area contributed by atoms with Crippen LogP contribution >= 0.6 is 0 Å². The van der Waals surface area contributed by atoms with Gasteiger partial charge in [0.2, 0.25) is 0 Å². The van der Waals surface area contributed by atoms with Crippen molar-refractivity contribution in [2.45, 2.75) is 19.3 Å². The van der Waals surface area contributed by atoms with Crippen LogP contribution in [0.1, 0.15) is 30.4 Å². The molecule has 1 aliphatic rings. The van der Waals surface area contributed by atoms with E-state index in [4.69, 9.17) is 31.4 Å². The highest BCUT2D eigenvalue weighted by Crippen LogP contribution is 2.21. The Labute approximate surface area is 192 Å². The molecule has 1 fully saturated rings. The van der Waals surface area contributed by atoms with Crippen molar-refractivity contribution in [2.75, 3.05) is 32.8 Å². The Bertz CT molecular complexity index is 960. The van der Waals surface area contributed by atoms with Gasteiger partial charge in [-0.05, 0) is 74.7 Å². The number of nitrogens with two attached hydrogens (primary N) is 2. The monoisotopic (exact) mass is 459 g/mol. The lowest BCUT2D eigenvalue weighted by atomic mass is 9.98. The maximum absolute atomic E-state index is 14.0. The summed E-state index contributed by atoms with van der Waals surface area (Å²) in [6.45, 7) is 4.05. The van der Waals surface area contributed by atoms with E-state index < -0.39 is 5.82 Å². The topological polar surface area (TPSA) is 139 Å². The third kappa shape index (κ3) is 6.98. The highest BCUT2D eigenvalue weighted by molar-refractivity contribution is 5.97. The minimum atomic E-state index is -0.592. The summed E-state index contributed by atoms with van der Waals surface area (Å²) in [6, 6.07) is 11.4. The second kappa shape index (κ2) is 11.9. The zero-order valence-corrected chi connectivity index (χ0v) is 18.4. The average Bonchev–Trinajstić information content (AvgIpc) is 2.85. The van der Waals surface area contributed by atoms with Crippen molar-refractivity contribution in [3.63, 3.8) is 0 Å². The first-order valence-corrected chi connectivity index (χ1v) is 10.8. The van der Waals surface area contributed by atoms with Crippen LogP contribution in [0.2, 0.25) is 0 Å². The smallest absolute Gasteiger partial charge is 0.173 e. The number of hydrogen-bond acceptors (Lipinski definition) is 7. The molecule has 0 bridgehead atoms. The maximum Gasteiger partial charge on any atom is 0.173 e. The Morgan fingerprint density at radius 3 is 2.27 bits per heavy atom. The number of rotatable bonds is 10. The Kier molecular flexibility index (Phi) is 8.71. The fourth-order valence-electron chi connectivity index (χ4n) is 3.70. The van der Waals surface area contributed by atoms with Gasteiger partial charge in [0, 0.05) is 18.2 Å². The van der Waals surface area contributed by atoms with Gasteiger partial charge >= 0.3 is 0 Å². The predicted octanol–water partition coefficient (Wildman–Crippen LogP) is 2.57. The number of nitrogens with zero attached hydrogens (tertiary/aromatic N) is 3. The molecule has 0 radical (unpaired) electrons. The average molecular weight is 460 g/mol. The summed E-state index contributed by atoms with van der Waals surface area (Å²) in [6.07, 6.45) is 2.95. The summed E-state index contributed by atoms with van der Waals surface area (Å²) < 4.78 is 25.5. The van der Waals surface area contributed by atoms with Gasteiger partial charge in [-0.25, -0.2) is 4.39 Å². The fraction of sp³-hybridized carbons (Fsp3) is 0.391. The van der Waals surface area contributed by atoms with Crippen LogP contribution in [0, 0.1) is 11.7 Å². The van der Waals surface area contributed by atoms with Gasteiger partial charge in [0.25, 0.3) is 0 Å². The molecule has 2 aromatic rings. The predicted molar refractivity (Wildman–Crippen MR) is 123 cm³/mol. The Balaban J connectivity index is 1.32. The first kappa shape index (κ1) is 24.1. The van der Waals surface area contributed by atoms with Crippen LogP contribution in [0.25, 0.3) is 0 Å². The summed E-state index contributed by atoms with van der Waals surface area (Å²) >= 11 is 0. The number of ether oxygens (including phenoxy) is 2. The van der Waals surface area contributed by atoms with E-state index in [0.717, 1.165) is 44.6 Å². The molecule has 3 rings (SSSR count). The van der Waals surface area contributed by atoms with Crippen molar-refractivity contribution >= 4 is 11.7 Å². The second-order valence-corrected chi connectivity index (χ2v) is 7.93. The molecular weight excluding hydrogens is 429 g/mol. The van der Waals surface area contributed by atoms with Crippen LogP contribution < -0.4 is 20.9 Å². The summed E-state index contributed by atoms with van der Waals surface area (Å²) in [5.74, 6) is 0.882. The SMILES string of the molecule is NC(=NO)c1ccc(OCC2CCN(CCCOc3ccc(C(N)=NO)c(F)c3)CC2)cc1. The van der Waals surface area contributed by atoms with Gasteiger partial charge in [-0.1, -0.05) is 10.3 Å². The molecule has 1 aliphatic heterocycles. The summed E-state index contributed by atoms with van der Waals surface area (Å²) in [4.78, 5) is 2.40. The van der Waals surface area contributed by atoms with Gasteiger partial charge in [-0.2, -0.15) is 0 Å². The normalized spacial score (nSPS) is 16.0. The van der Waals surface area contributed by atoms with Gasteiger partial charge in [-0.15, -0.1) is 0 Å². The standard InChI is InChI=1S/C23H30FN5O4/c24-21-14-19(6-7-20(21)23(26)28-31)32-13-1-10-29-11-8-16(9-12-29)15-33-18-4-2-17(3-5-18)22(25)27-30/h2-7,14,16,30-31H,1,8-13,15H2,(H2,25,27)(H2,26,28). The molecule has 33 heavy (non-hydrogen) atoms. The highest BCUT2D eigenvalue weighted by atomic mass is 19.1. The summed E-state index contributed by atoms with van der Waals surface area (Å²) in [5.41, 5.74) is 11.7. The number of hydrogen-bond donors (Lipinski definition) is 4. The molecule has 6 N–H and O–H groups in total. The molecule has 0 aromatic heterocycles. The minimum Gasteiger partial charge on any atom is -0.493 e. The molecule has 1 saturated heterocycles. The van der Waals surface area contributed by atoms with E-state index in [0.29, 0.717) is 30.4 Å². The van der Waals surface area contributed by atoms with Crippen molar-refractivity contribution in [1.29, 1.82) is 0 Å². The number of oxime groups is 2. The quantitative estimate of drug-likeness (QED) is 0.141. The van der Waals surface area contributed by atoms with Gasteiger partial charge < -0.3 is 36.3 Å². The van der Waals surface area contributed by atoms with E-state index in [2.05, 4.69) is 15.2 Å². The Hall–Kier alpha value is -3.53. The molecule has 0 aliphatic carbocycles. The molecular formula is C23H30FN5O4. The lowest BCUT2D eigenvalue weighted by molar-refractivity contribution is 0.135. The number of halogens is 1. The molecule has 0 spiro atoms. The molecule has 178 valence electrons. The van der Waals surface area contributed by atoms with E-state index in [1.54, 1.807) is 18.2 Å². The molecule has 0 amide bonds. The number of likely N-dealkylation sites (tertiary alicyclic amines) is 1. The first-order chi connectivity index (χ1) is 16.0. The molecule has 0 saturated carbocycles. The molecule has 0 unspecified atom stereocenters. The number of benzene rings is 2. The number of amidine groups is 2.